The summed E-state index contributed by atoms with van der Waals surface area (Å²) < 4.78 is 5.61. The predicted octanol–water partition coefficient (Wildman–Crippen LogP) is 2.24. The molecule has 1 aromatic heterocycles. The summed E-state index contributed by atoms with van der Waals surface area (Å²) in [4.78, 5) is 13.9. The van der Waals surface area contributed by atoms with E-state index in [0.717, 1.165) is 56.5 Å². The van der Waals surface area contributed by atoms with Gasteiger partial charge in [-0.1, -0.05) is 18.9 Å². The van der Waals surface area contributed by atoms with Gasteiger partial charge in [0.2, 0.25) is 0 Å². The van der Waals surface area contributed by atoms with Gasteiger partial charge in [-0.3, -0.25) is 4.99 Å². The molecule has 2 aliphatic rings. The summed E-state index contributed by atoms with van der Waals surface area (Å²) in [7, 11) is 1.82. The van der Waals surface area contributed by atoms with Gasteiger partial charge in [-0.05, 0) is 57.5 Å². The fourth-order valence-corrected chi connectivity index (χ4v) is 4.01. The monoisotopic (exact) mass is 402 g/mol. The predicted molar refractivity (Wildman–Crippen MR) is 120 cm³/mol. The van der Waals surface area contributed by atoms with Crippen molar-refractivity contribution < 1.29 is 4.74 Å². The highest BCUT2D eigenvalue weighted by atomic mass is 16.5. The van der Waals surface area contributed by atoms with Crippen molar-refractivity contribution >= 4 is 11.8 Å². The highest BCUT2D eigenvalue weighted by Gasteiger charge is 2.17. The third kappa shape index (κ3) is 7.48. The van der Waals surface area contributed by atoms with Gasteiger partial charge in [0.1, 0.15) is 5.82 Å². The first-order valence-corrected chi connectivity index (χ1v) is 11.2. The summed E-state index contributed by atoms with van der Waals surface area (Å²) in [5.41, 5.74) is 1.16. The number of pyridine rings is 1. The number of likely N-dealkylation sites (tertiary alicyclic amines) is 1. The normalized spacial score (nSPS) is 21.7. The lowest BCUT2D eigenvalue weighted by molar-refractivity contribution is 0.0529. The molecule has 29 heavy (non-hydrogen) atoms. The zero-order valence-electron chi connectivity index (χ0n) is 18.2. The van der Waals surface area contributed by atoms with Crippen LogP contribution >= 0.6 is 0 Å². The van der Waals surface area contributed by atoms with Crippen LogP contribution in [0.1, 0.15) is 44.6 Å². The fraction of sp³-hybridized carbons (Fsp3) is 0.727. The maximum absolute atomic E-state index is 5.61. The van der Waals surface area contributed by atoms with Gasteiger partial charge in [0.25, 0.3) is 0 Å². The van der Waals surface area contributed by atoms with E-state index in [4.69, 9.17) is 4.74 Å². The number of nitrogens with one attached hydrogen (secondary N) is 2. The van der Waals surface area contributed by atoms with Crippen molar-refractivity contribution in [1.29, 1.82) is 0 Å². The Kier molecular flexibility index (Phi) is 9.02. The average Bonchev–Trinajstić information content (AvgIpc) is 3.02. The lowest BCUT2D eigenvalue weighted by atomic mass is 10.2. The first-order valence-electron chi connectivity index (χ1n) is 11.2. The molecule has 2 N–H and O–H groups in total. The van der Waals surface area contributed by atoms with Crippen LogP contribution in [-0.2, 0) is 11.3 Å². The second kappa shape index (κ2) is 12.0. The minimum Gasteiger partial charge on any atom is -0.375 e. The van der Waals surface area contributed by atoms with E-state index in [2.05, 4.69) is 49.5 Å². The Morgan fingerprint density at radius 1 is 1.17 bits per heavy atom. The van der Waals surface area contributed by atoms with Gasteiger partial charge in [0.15, 0.2) is 5.96 Å². The number of hydrogen-bond donors (Lipinski definition) is 2. The van der Waals surface area contributed by atoms with Crippen molar-refractivity contribution in [2.75, 3.05) is 57.8 Å². The van der Waals surface area contributed by atoms with Crippen LogP contribution in [0, 0.1) is 0 Å². The van der Waals surface area contributed by atoms with Gasteiger partial charge in [0, 0.05) is 39.4 Å². The smallest absolute Gasteiger partial charge is 0.191 e. The molecule has 3 heterocycles. The molecule has 1 aromatic rings. The van der Waals surface area contributed by atoms with Crippen LogP contribution in [-0.4, -0.2) is 74.9 Å². The third-order valence-electron chi connectivity index (χ3n) is 5.70. The second-order valence-electron chi connectivity index (χ2n) is 8.11. The number of morpholine rings is 1. The largest absolute Gasteiger partial charge is 0.375 e. The molecule has 0 saturated carbocycles. The van der Waals surface area contributed by atoms with Gasteiger partial charge in [0.05, 0.1) is 12.7 Å². The SMILES string of the molecule is CN=C(NCCCN1CCCCCC1)NCc1ccc(N2CCOC(C)C2)nc1. The number of aromatic nitrogens is 1. The quantitative estimate of drug-likeness (QED) is 0.414. The topological polar surface area (TPSA) is 65.0 Å². The molecular formula is C22H38N6O. The zero-order chi connectivity index (χ0) is 20.3. The minimum absolute atomic E-state index is 0.264. The molecule has 2 saturated heterocycles. The van der Waals surface area contributed by atoms with Crippen molar-refractivity contribution in [3.8, 4) is 0 Å². The number of nitrogens with zero attached hydrogens (tertiary/aromatic N) is 4. The van der Waals surface area contributed by atoms with Crippen molar-refractivity contribution in [2.45, 2.75) is 51.7 Å². The molecule has 7 heteroatoms. The Hall–Kier alpha value is -1.86. The molecule has 7 nitrogen and oxygen atoms in total. The molecular weight excluding hydrogens is 364 g/mol. The summed E-state index contributed by atoms with van der Waals surface area (Å²) in [6.07, 6.45) is 8.87. The molecule has 0 aliphatic carbocycles. The number of rotatable bonds is 7. The Balaban J connectivity index is 1.35. The molecule has 1 atom stereocenters. The number of aliphatic imine (C=N–C) groups is 1. The maximum atomic E-state index is 5.61. The Labute approximate surface area is 175 Å². The lowest BCUT2D eigenvalue weighted by Crippen LogP contribution is -2.41. The molecule has 0 radical (unpaired) electrons. The minimum atomic E-state index is 0.264. The molecule has 0 bridgehead atoms. The molecule has 2 aliphatic heterocycles. The molecule has 0 spiro atoms. The van der Waals surface area contributed by atoms with E-state index in [-0.39, 0.29) is 6.10 Å². The van der Waals surface area contributed by atoms with Gasteiger partial charge < -0.3 is 25.2 Å². The first kappa shape index (κ1) is 21.8. The van der Waals surface area contributed by atoms with E-state index in [9.17, 15) is 0 Å². The Morgan fingerprint density at radius 2 is 2.00 bits per heavy atom. The molecule has 0 aromatic carbocycles. The van der Waals surface area contributed by atoms with Crippen molar-refractivity contribution in [2.24, 2.45) is 4.99 Å². The van der Waals surface area contributed by atoms with E-state index in [0.29, 0.717) is 0 Å². The summed E-state index contributed by atoms with van der Waals surface area (Å²) >= 11 is 0. The first-order chi connectivity index (χ1) is 14.2. The van der Waals surface area contributed by atoms with Crippen LogP contribution in [0.3, 0.4) is 0 Å². The number of guanidine groups is 1. The zero-order valence-corrected chi connectivity index (χ0v) is 18.2. The van der Waals surface area contributed by atoms with Crippen LogP contribution in [0.4, 0.5) is 5.82 Å². The molecule has 0 amide bonds. The van der Waals surface area contributed by atoms with Crippen LogP contribution < -0.4 is 15.5 Å². The summed E-state index contributed by atoms with van der Waals surface area (Å²) in [6, 6.07) is 4.24. The molecule has 3 rings (SSSR count). The fourth-order valence-electron chi connectivity index (χ4n) is 4.01. The maximum Gasteiger partial charge on any atom is 0.191 e. The molecule has 1 unspecified atom stereocenters. The summed E-state index contributed by atoms with van der Waals surface area (Å²) in [5.74, 6) is 1.88. The van der Waals surface area contributed by atoms with Gasteiger partial charge >= 0.3 is 0 Å². The van der Waals surface area contributed by atoms with E-state index in [1.165, 1.54) is 45.3 Å². The molecule has 2 fully saturated rings. The second-order valence-corrected chi connectivity index (χ2v) is 8.11. The highest BCUT2D eigenvalue weighted by molar-refractivity contribution is 5.79. The van der Waals surface area contributed by atoms with Crippen molar-refractivity contribution in [3.63, 3.8) is 0 Å². The van der Waals surface area contributed by atoms with Gasteiger partial charge in [-0.2, -0.15) is 0 Å². The van der Waals surface area contributed by atoms with Crippen molar-refractivity contribution in [3.05, 3.63) is 23.9 Å². The summed E-state index contributed by atoms with van der Waals surface area (Å²) in [6.45, 7) is 10.1. The van der Waals surface area contributed by atoms with E-state index in [1.54, 1.807) is 0 Å². The number of anilines is 1. The third-order valence-corrected chi connectivity index (χ3v) is 5.70. The average molecular weight is 403 g/mol. The van der Waals surface area contributed by atoms with Gasteiger partial charge in [-0.25, -0.2) is 4.98 Å². The standard InChI is InChI=1S/C22H38N6O/c1-19-18-28(14-15-29-19)21-9-8-20(16-25-21)17-26-22(23-2)24-10-7-13-27-11-5-3-4-6-12-27/h8-9,16,19H,3-7,10-15,17-18H2,1-2H3,(H2,23,24,26). The van der Waals surface area contributed by atoms with Crippen molar-refractivity contribution in [1.82, 2.24) is 20.5 Å². The van der Waals surface area contributed by atoms with E-state index in [1.807, 2.05) is 13.2 Å². The highest BCUT2D eigenvalue weighted by Crippen LogP contribution is 2.15. The van der Waals surface area contributed by atoms with E-state index < -0.39 is 0 Å². The Bertz CT molecular complexity index is 612. The van der Waals surface area contributed by atoms with Crippen LogP contribution in [0.25, 0.3) is 0 Å². The number of hydrogen-bond acceptors (Lipinski definition) is 5. The number of ether oxygens (including phenoxy) is 1. The van der Waals surface area contributed by atoms with E-state index >= 15 is 0 Å². The molecule has 162 valence electrons. The van der Waals surface area contributed by atoms with Crippen LogP contribution in [0.5, 0.6) is 0 Å². The Morgan fingerprint density at radius 3 is 2.69 bits per heavy atom. The van der Waals surface area contributed by atoms with Crippen LogP contribution in [0.2, 0.25) is 0 Å². The van der Waals surface area contributed by atoms with Crippen LogP contribution in [0.15, 0.2) is 23.3 Å². The summed E-state index contributed by atoms with van der Waals surface area (Å²) in [5, 5.41) is 6.82. The van der Waals surface area contributed by atoms with Gasteiger partial charge in [-0.15, -0.1) is 0 Å². The lowest BCUT2D eigenvalue weighted by Gasteiger charge is -2.32.